The lowest BCUT2D eigenvalue weighted by Gasteiger charge is -2.20. The zero-order valence-corrected chi connectivity index (χ0v) is 16.3. The molecule has 0 fully saturated rings. The van der Waals surface area contributed by atoms with Crippen LogP contribution in [0, 0.1) is 0 Å². The maximum Gasteiger partial charge on any atom is 0.237 e. The van der Waals surface area contributed by atoms with Gasteiger partial charge in [0, 0.05) is 17.1 Å². The number of amides is 1. The zero-order chi connectivity index (χ0) is 20.1. The van der Waals surface area contributed by atoms with Crippen LogP contribution < -0.4 is 10.1 Å². The van der Waals surface area contributed by atoms with Gasteiger partial charge >= 0.3 is 0 Å². The van der Waals surface area contributed by atoms with Crippen molar-refractivity contribution in [3.63, 3.8) is 0 Å². The molecule has 146 valence electrons. The highest BCUT2D eigenvalue weighted by Gasteiger charge is 2.51. The lowest BCUT2D eigenvalue weighted by Crippen LogP contribution is -2.35. The van der Waals surface area contributed by atoms with Crippen LogP contribution in [0.4, 0.5) is 5.82 Å². The number of hydrogen-bond donors (Lipinski definition) is 1. The second kappa shape index (κ2) is 6.39. The molecule has 1 atom stereocenters. The van der Waals surface area contributed by atoms with Gasteiger partial charge in [-0.3, -0.25) is 4.79 Å². The van der Waals surface area contributed by atoms with E-state index in [9.17, 15) is 4.79 Å². The highest BCUT2D eigenvalue weighted by Crippen LogP contribution is 2.47. The molecule has 0 saturated heterocycles. The van der Waals surface area contributed by atoms with Gasteiger partial charge in [0.1, 0.15) is 18.2 Å². The van der Waals surface area contributed by atoms with Gasteiger partial charge in [-0.05, 0) is 60.4 Å². The Hall–Kier alpha value is -3.73. The third-order valence-corrected chi connectivity index (χ3v) is 6.17. The van der Waals surface area contributed by atoms with E-state index in [4.69, 9.17) is 9.72 Å². The molecule has 1 aliphatic heterocycles. The molecule has 3 heterocycles. The summed E-state index contributed by atoms with van der Waals surface area (Å²) in [5, 5.41) is 4.05. The molecule has 1 spiro atoms. The molecule has 2 aromatic heterocycles. The number of nitrogens with zero attached hydrogens (tertiary/aromatic N) is 2. The molecule has 0 saturated carbocycles. The van der Waals surface area contributed by atoms with Crippen LogP contribution in [0.1, 0.15) is 22.4 Å². The average molecular weight is 393 g/mol. The topological polar surface area (TPSA) is 64.1 Å². The number of pyridine rings is 2. The van der Waals surface area contributed by atoms with Gasteiger partial charge in [-0.25, -0.2) is 9.97 Å². The first-order chi connectivity index (χ1) is 14.7. The second-order valence-corrected chi connectivity index (χ2v) is 8.01. The molecule has 0 radical (unpaired) electrons. The second-order valence-electron chi connectivity index (χ2n) is 8.01. The Bertz CT molecular complexity index is 1300. The molecule has 30 heavy (non-hydrogen) atoms. The first-order valence-corrected chi connectivity index (χ1v) is 10.1. The van der Waals surface area contributed by atoms with Crippen LogP contribution in [0.2, 0.25) is 0 Å². The number of carbonyl (C=O) groups is 1. The predicted octanol–water partition coefficient (Wildman–Crippen LogP) is 4.20. The van der Waals surface area contributed by atoms with Crippen molar-refractivity contribution >= 4 is 22.6 Å². The minimum atomic E-state index is -0.553. The van der Waals surface area contributed by atoms with Gasteiger partial charge < -0.3 is 10.1 Å². The number of benzene rings is 2. The number of aromatic nitrogens is 2. The molecule has 2 aliphatic rings. The third kappa shape index (κ3) is 2.59. The Labute approximate surface area is 173 Å². The van der Waals surface area contributed by atoms with Crippen LogP contribution in [-0.4, -0.2) is 15.9 Å². The monoisotopic (exact) mass is 393 g/mol. The van der Waals surface area contributed by atoms with E-state index in [0.29, 0.717) is 25.3 Å². The molecule has 2 aromatic carbocycles. The number of para-hydroxylation sites is 1. The summed E-state index contributed by atoms with van der Waals surface area (Å²) in [6, 6.07) is 22.1. The summed E-state index contributed by atoms with van der Waals surface area (Å²) in [5.41, 5.74) is 4.66. The van der Waals surface area contributed by atoms with Crippen LogP contribution in [0.5, 0.6) is 5.75 Å². The Morgan fingerprint density at radius 3 is 2.67 bits per heavy atom. The number of nitrogens with one attached hydrogen (secondary N) is 1. The van der Waals surface area contributed by atoms with Crippen molar-refractivity contribution in [1.82, 2.24) is 9.97 Å². The zero-order valence-electron chi connectivity index (χ0n) is 16.3. The number of anilines is 1. The fourth-order valence-electron chi connectivity index (χ4n) is 4.69. The largest absolute Gasteiger partial charge is 0.487 e. The predicted molar refractivity (Wildman–Crippen MR) is 114 cm³/mol. The van der Waals surface area contributed by atoms with Crippen LogP contribution in [0.3, 0.4) is 0 Å². The van der Waals surface area contributed by atoms with Crippen molar-refractivity contribution < 1.29 is 9.53 Å². The van der Waals surface area contributed by atoms with Crippen LogP contribution >= 0.6 is 0 Å². The van der Waals surface area contributed by atoms with E-state index in [1.165, 1.54) is 11.1 Å². The maximum atomic E-state index is 12.9. The fraction of sp³-hybridized carbons (Fsp3) is 0.160. The van der Waals surface area contributed by atoms with E-state index >= 15 is 0 Å². The van der Waals surface area contributed by atoms with E-state index in [1.807, 2.05) is 48.5 Å². The number of ether oxygens (including phenoxy) is 1. The summed E-state index contributed by atoms with van der Waals surface area (Å²) in [6.45, 7) is 0.419. The van der Waals surface area contributed by atoms with Crippen LogP contribution in [-0.2, 0) is 29.7 Å². The molecular weight excluding hydrogens is 374 g/mol. The molecule has 5 heteroatoms. The average Bonchev–Trinajstić information content (AvgIpc) is 3.28. The van der Waals surface area contributed by atoms with E-state index in [0.717, 1.165) is 27.9 Å². The standard InChI is InChI=1S/C25H19N3O2/c29-24-25(21-7-4-10-26-23(21)28-24)13-17-11-16-8-9-19(27-22(16)12-18(17)14-25)15-30-20-5-2-1-3-6-20/h1-12H,13-15H2,(H,26,28,29)/t25-/m0/s1. The maximum absolute atomic E-state index is 12.9. The first kappa shape index (κ1) is 17.2. The van der Waals surface area contributed by atoms with Crippen molar-refractivity contribution in [3.05, 3.63) is 95.3 Å². The number of rotatable bonds is 3. The van der Waals surface area contributed by atoms with Gasteiger partial charge in [0.25, 0.3) is 0 Å². The van der Waals surface area contributed by atoms with Crippen molar-refractivity contribution in [2.75, 3.05) is 5.32 Å². The Morgan fingerprint density at radius 2 is 1.80 bits per heavy atom. The fourth-order valence-corrected chi connectivity index (χ4v) is 4.69. The SMILES string of the molecule is O=C1Nc2ncccc2[C@@]12Cc1cc3ccc(COc4ccccc4)nc3cc1C2. The van der Waals surface area contributed by atoms with E-state index in [1.54, 1.807) is 6.20 Å². The first-order valence-electron chi connectivity index (χ1n) is 10.1. The summed E-state index contributed by atoms with van der Waals surface area (Å²) in [7, 11) is 0. The molecular formula is C25H19N3O2. The van der Waals surface area contributed by atoms with E-state index in [-0.39, 0.29) is 5.91 Å². The van der Waals surface area contributed by atoms with Crippen LogP contribution in [0.25, 0.3) is 10.9 Å². The summed E-state index contributed by atoms with van der Waals surface area (Å²) < 4.78 is 5.84. The summed E-state index contributed by atoms with van der Waals surface area (Å²) >= 11 is 0. The van der Waals surface area contributed by atoms with Crippen molar-refractivity contribution in [1.29, 1.82) is 0 Å². The molecule has 4 aromatic rings. The van der Waals surface area contributed by atoms with Crippen molar-refractivity contribution in [2.45, 2.75) is 24.9 Å². The minimum absolute atomic E-state index is 0.0429. The van der Waals surface area contributed by atoms with Gasteiger partial charge in [-0.1, -0.05) is 30.3 Å². The highest BCUT2D eigenvalue weighted by molar-refractivity contribution is 6.06. The molecule has 1 N–H and O–H groups in total. The summed E-state index contributed by atoms with van der Waals surface area (Å²) in [6.07, 6.45) is 3.09. The Morgan fingerprint density at radius 1 is 0.967 bits per heavy atom. The normalized spacial score (nSPS) is 19.0. The quantitative estimate of drug-likeness (QED) is 0.567. The number of carbonyl (C=O) groups excluding carboxylic acids is 1. The minimum Gasteiger partial charge on any atom is -0.487 e. The lowest BCUT2D eigenvalue weighted by atomic mass is 9.79. The molecule has 6 rings (SSSR count). The Balaban J connectivity index is 1.33. The van der Waals surface area contributed by atoms with Gasteiger partial charge in [0.05, 0.1) is 16.6 Å². The number of fused-ring (bicyclic) bond motifs is 4. The molecule has 1 amide bonds. The van der Waals surface area contributed by atoms with Crippen molar-refractivity contribution in [3.8, 4) is 5.75 Å². The third-order valence-electron chi connectivity index (χ3n) is 6.17. The lowest BCUT2D eigenvalue weighted by molar-refractivity contribution is -0.120. The van der Waals surface area contributed by atoms with Crippen molar-refractivity contribution in [2.24, 2.45) is 0 Å². The molecule has 1 aliphatic carbocycles. The van der Waals surface area contributed by atoms with E-state index < -0.39 is 5.41 Å². The van der Waals surface area contributed by atoms with Gasteiger partial charge in [0.2, 0.25) is 5.91 Å². The van der Waals surface area contributed by atoms with Crippen LogP contribution in [0.15, 0.2) is 72.9 Å². The Kier molecular flexibility index (Phi) is 3.65. The van der Waals surface area contributed by atoms with Gasteiger partial charge in [-0.15, -0.1) is 0 Å². The molecule has 0 bridgehead atoms. The van der Waals surface area contributed by atoms with E-state index in [2.05, 4.69) is 28.5 Å². The summed E-state index contributed by atoms with van der Waals surface area (Å²) in [4.78, 5) is 22.1. The molecule has 0 unspecified atom stereocenters. The highest BCUT2D eigenvalue weighted by atomic mass is 16.5. The smallest absolute Gasteiger partial charge is 0.237 e. The van der Waals surface area contributed by atoms with Gasteiger partial charge in [0.15, 0.2) is 0 Å². The molecule has 5 nitrogen and oxygen atoms in total. The summed E-state index contributed by atoms with van der Waals surface area (Å²) in [5.74, 6) is 1.56. The van der Waals surface area contributed by atoms with Gasteiger partial charge in [-0.2, -0.15) is 0 Å². The number of hydrogen-bond acceptors (Lipinski definition) is 4.